The predicted molar refractivity (Wildman–Crippen MR) is 108 cm³/mol. The second kappa shape index (κ2) is 7.73. The van der Waals surface area contributed by atoms with Gasteiger partial charge in [0, 0.05) is 5.39 Å². The van der Waals surface area contributed by atoms with Crippen LogP contribution in [0.15, 0.2) is 102 Å². The van der Waals surface area contributed by atoms with Gasteiger partial charge in [0.2, 0.25) is 0 Å². The van der Waals surface area contributed by atoms with E-state index in [0.717, 1.165) is 27.1 Å². The molecule has 0 aliphatic carbocycles. The van der Waals surface area contributed by atoms with Crippen molar-refractivity contribution < 1.29 is 5.11 Å². The van der Waals surface area contributed by atoms with Gasteiger partial charge in [-0.05, 0) is 23.3 Å². The number of hydrogen-bond donors (Lipinski definition) is 1. The van der Waals surface area contributed by atoms with E-state index in [1.807, 2.05) is 72.8 Å². The number of aromatic nitrogens is 1. The average Bonchev–Trinajstić information content (AvgIpc) is 2.73. The Labute approximate surface area is 157 Å². The maximum absolute atomic E-state index is 11.1. The molecule has 0 aliphatic rings. The minimum atomic E-state index is -0.614. The number of aliphatic hydroxyl groups excluding tert-OH is 1. The van der Waals surface area contributed by atoms with Gasteiger partial charge < -0.3 is 5.11 Å². The zero-order valence-electron chi connectivity index (χ0n) is 14.2. The summed E-state index contributed by atoms with van der Waals surface area (Å²) in [5, 5.41) is 13.0. The molecule has 0 unspecified atom stereocenters. The van der Waals surface area contributed by atoms with E-state index >= 15 is 0 Å². The van der Waals surface area contributed by atoms with Gasteiger partial charge in [-0.3, -0.25) is 0 Å². The van der Waals surface area contributed by atoms with Crippen molar-refractivity contribution in [3.63, 3.8) is 0 Å². The molecule has 4 rings (SSSR count). The van der Waals surface area contributed by atoms with Crippen LogP contribution in [0.4, 0.5) is 0 Å². The second-order valence-electron chi connectivity index (χ2n) is 6.15. The number of hydrogen-bond acceptors (Lipinski definition) is 3. The second-order valence-corrected chi connectivity index (χ2v) is 7.31. The van der Waals surface area contributed by atoms with Crippen molar-refractivity contribution in [2.24, 2.45) is 0 Å². The number of thioether (sulfide) groups is 1. The van der Waals surface area contributed by atoms with Crippen LogP contribution in [0.5, 0.6) is 0 Å². The molecule has 0 bridgehead atoms. The van der Waals surface area contributed by atoms with Gasteiger partial charge in [0.25, 0.3) is 0 Å². The lowest BCUT2D eigenvalue weighted by Crippen LogP contribution is -2.08. The average molecular weight is 357 g/mol. The molecular formula is C23H19NOS. The third-order valence-corrected chi connectivity index (χ3v) is 5.63. The Bertz CT molecular complexity index is 988. The van der Waals surface area contributed by atoms with Crippen LogP contribution >= 0.6 is 11.8 Å². The third kappa shape index (κ3) is 3.64. The van der Waals surface area contributed by atoms with Crippen molar-refractivity contribution in [1.82, 2.24) is 4.98 Å². The molecule has 0 aliphatic heterocycles. The van der Waals surface area contributed by atoms with Crippen molar-refractivity contribution in [3.05, 3.63) is 108 Å². The van der Waals surface area contributed by atoms with Gasteiger partial charge in [-0.1, -0.05) is 96.7 Å². The molecule has 3 heteroatoms. The SMILES string of the molecule is O[C@@H](c1ccccc1)[C@H](Sc1ccc2ccccc2n1)c1ccccc1. The molecule has 0 amide bonds. The third-order valence-electron chi connectivity index (χ3n) is 4.38. The molecule has 3 aromatic carbocycles. The minimum Gasteiger partial charge on any atom is -0.387 e. The number of aliphatic hydroxyl groups is 1. The van der Waals surface area contributed by atoms with E-state index in [1.54, 1.807) is 11.8 Å². The standard InChI is InChI=1S/C23H19NOS/c25-22(18-10-3-1-4-11-18)23(19-12-5-2-6-13-19)26-21-16-15-17-9-7-8-14-20(17)24-21/h1-16,22-23,25H/t22-,23+/m0/s1. The van der Waals surface area contributed by atoms with Crippen molar-refractivity contribution in [2.45, 2.75) is 16.4 Å². The zero-order chi connectivity index (χ0) is 17.8. The van der Waals surface area contributed by atoms with E-state index in [0.29, 0.717) is 0 Å². The summed E-state index contributed by atoms with van der Waals surface area (Å²) >= 11 is 1.60. The van der Waals surface area contributed by atoms with Crippen LogP contribution in [0.3, 0.4) is 0 Å². The van der Waals surface area contributed by atoms with Crippen molar-refractivity contribution in [2.75, 3.05) is 0 Å². The number of fused-ring (bicyclic) bond motifs is 1. The van der Waals surface area contributed by atoms with E-state index in [4.69, 9.17) is 4.98 Å². The first-order valence-corrected chi connectivity index (χ1v) is 9.49. The Morgan fingerprint density at radius 2 is 1.27 bits per heavy atom. The molecule has 0 saturated heterocycles. The molecule has 1 aromatic heterocycles. The van der Waals surface area contributed by atoms with E-state index in [9.17, 15) is 5.11 Å². The van der Waals surface area contributed by atoms with Gasteiger partial charge in [0.15, 0.2) is 0 Å². The Balaban J connectivity index is 1.70. The van der Waals surface area contributed by atoms with Crippen LogP contribution in [-0.2, 0) is 0 Å². The Hall–Kier alpha value is -2.62. The van der Waals surface area contributed by atoms with Crippen molar-refractivity contribution in [3.8, 4) is 0 Å². The highest BCUT2D eigenvalue weighted by molar-refractivity contribution is 7.99. The molecule has 26 heavy (non-hydrogen) atoms. The maximum Gasteiger partial charge on any atom is 0.0974 e. The first-order valence-electron chi connectivity index (χ1n) is 8.62. The summed E-state index contributed by atoms with van der Waals surface area (Å²) in [5.41, 5.74) is 2.97. The van der Waals surface area contributed by atoms with Crippen molar-refractivity contribution in [1.29, 1.82) is 0 Å². The summed E-state index contributed by atoms with van der Waals surface area (Å²) in [6.07, 6.45) is -0.614. The van der Waals surface area contributed by atoms with Crippen LogP contribution in [0.25, 0.3) is 10.9 Å². The molecule has 0 spiro atoms. The lowest BCUT2D eigenvalue weighted by molar-refractivity contribution is 0.175. The molecule has 4 aromatic rings. The molecule has 2 nitrogen and oxygen atoms in total. The lowest BCUT2D eigenvalue weighted by atomic mass is 10.0. The van der Waals surface area contributed by atoms with Gasteiger partial charge in [-0.2, -0.15) is 0 Å². The summed E-state index contributed by atoms with van der Waals surface area (Å²) in [5.74, 6) is 0. The predicted octanol–water partition coefficient (Wildman–Crippen LogP) is 5.80. The molecule has 0 saturated carbocycles. The summed E-state index contributed by atoms with van der Waals surface area (Å²) in [6.45, 7) is 0. The Morgan fingerprint density at radius 3 is 2.00 bits per heavy atom. The minimum absolute atomic E-state index is 0.132. The smallest absolute Gasteiger partial charge is 0.0974 e. The number of benzene rings is 3. The van der Waals surface area contributed by atoms with E-state index < -0.39 is 6.10 Å². The molecule has 0 radical (unpaired) electrons. The molecule has 1 heterocycles. The molecule has 128 valence electrons. The maximum atomic E-state index is 11.1. The molecule has 2 atom stereocenters. The van der Waals surface area contributed by atoms with Gasteiger partial charge in [0.05, 0.1) is 21.9 Å². The van der Waals surface area contributed by atoms with Crippen LogP contribution in [0.2, 0.25) is 0 Å². The Morgan fingerprint density at radius 1 is 0.654 bits per heavy atom. The summed E-state index contributed by atoms with van der Waals surface area (Å²) < 4.78 is 0. The van der Waals surface area contributed by atoms with Gasteiger partial charge >= 0.3 is 0 Å². The molecular weight excluding hydrogens is 338 g/mol. The topological polar surface area (TPSA) is 33.1 Å². The zero-order valence-corrected chi connectivity index (χ0v) is 15.0. The summed E-state index contributed by atoms with van der Waals surface area (Å²) in [6, 6.07) is 32.2. The van der Waals surface area contributed by atoms with E-state index in [-0.39, 0.29) is 5.25 Å². The number of rotatable bonds is 5. The molecule has 0 fully saturated rings. The largest absolute Gasteiger partial charge is 0.387 e. The fraction of sp³-hybridized carbons (Fsp3) is 0.0870. The van der Waals surface area contributed by atoms with Crippen molar-refractivity contribution >= 4 is 22.7 Å². The summed E-state index contributed by atoms with van der Waals surface area (Å²) in [7, 11) is 0. The van der Waals surface area contributed by atoms with E-state index in [2.05, 4.69) is 24.3 Å². The van der Waals surface area contributed by atoms with Crippen LogP contribution < -0.4 is 0 Å². The van der Waals surface area contributed by atoms with E-state index in [1.165, 1.54) is 0 Å². The van der Waals surface area contributed by atoms with Crippen LogP contribution in [0, 0.1) is 0 Å². The van der Waals surface area contributed by atoms with Gasteiger partial charge in [-0.15, -0.1) is 0 Å². The van der Waals surface area contributed by atoms with Gasteiger partial charge in [-0.25, -0.2) is 4.98 Å². The highest BCUT2D eigenvalue weighted by atomic mass is 32.2. The quantitative estimate of drug-likeness (QED) is 0.458. The Kier molecular flexibility index (Phi) is 5.00. The highest BCUT2D eigenvalue weighted by Crippen LogP contribution is 2.43. The highest BCUT2D eigenvalue weighted by Gasteiger charge is 2.24. The first-order chi connectivity index (χ1) is 12.8. The summed E-state index contributed by atoms with van der Waals surface area (Å²) in [4.78, 5) is 4.77. The number of nitrogens with zero attached hydrogens (tertiary/aromatic N) is 1. The van der Waals surface area contributed by atoms with Gasteiger partial charge in [0.1, 0.15) is 0 Å². The van der Waals surface area contributed by atoms with Crippen LogP contribution in [0.1, 0.15) is 22.5 Å². The lowest BCUT2D eigenvalue weighted by Gasteiger charge is -2.23. The first kappa shape index (κ1) is 16.8. The van der Waals surface area contributed by atoms with Crippen LogP contribution in [-0.4, -0.2) is 10.1 Å². The number of pyridine rings is 1. The fourth-order valence-corrected chi connectivity index (χ4v) is 4.16. The normalized spacial score (nSPS) is 13.4. The monoisotopic (exact) mass is 357 g/mol. The number of para-hydroxylation sites is 1. The molecule has 1 N–H and O–H groups in total. The fourth-order valence-electron chi connectivity index (χ4n) is 3.03.